The van der Waals surface area contributed by atoms with Crippen LogP contribution in [0.25, 0.3) is 6.08 Å². The molecule has 0 aliphatic rings. The first-order valence-electron chi connectivity index (χ1n) is 8.27. The SMILES string of the molecule is CCCCOC(=O)/C=C/c1c(C)cccc1C(=O)c1ccc(Cl)cc1. The minimum absolute atomic E-state index is 0.112. The molecule has 0 spiro atoms. The molecule has 0 aliphatic carbocycles. The molecule has 0 radical (unpaired) electrons. The van der Waals surface area contributed by atoms with Crippen molar-refractivity contribution in [2.45, 2.75) is 26.7 Å². The molecule has 0 saturated carbocycles. The molecule has 0 aromatic heterocycles. The molecule has 0 aliphatic heterocycles. The first kappa shape index (κ1) is 18.9. The summed E-state index contributed by atoms with van der Waals surface area (Å²) in [6, 6.07) is 12.2. The Bertz CT molecular complexity index is 776. The third-order valence-electron chi connectivity index (χ3n) is 3.80. The van der Waals surface area contributed by atoms with Crippen LogP contribution in [0.5, 0.6) is 0 Å². The van der Waals surface area contributed by atoms with Crippen LogP contribution < -0.4 is 0 Å². The monoisotopic (exact) mass is 356 g/mol. The fourth-order valence-corrected chi connectivity index (χ4v) is 2.50. The number of benzene rings is 2. The number of aryl methyl sites for hydroxylation is 1. The molecule has 130 valence electrons. The van der Waals surface area contributed by atoms with Crippen LogP contribution in [-0.4, -0.2) is 18.4 Å². The Labute approximate surface area is 153 Å². The molecule has 0 atom stereocenters. The van der Waals surface area contributed by atoms with Crippen molar-refractivity contribution in [3.63, 3.8) is 0 Å². The van der Waals surface area contributed by atoms with Crippen molar-refractivity contribution < 1.29 is 14.3 Å². The maximum Gasteiger partial charge on any atom is 0.330 e. The van der Waals surface area contributed by atoms with Crippen molar-refractivity contribution in [2.24, 2.45) is 0 Å². The summed E-state index contributed by atoms with van der Waals surface area (Å²) < 4.78 is 5.12. The summed E-state index contributed by atoms with van der Waals surface area (Å²) in [7, 11) is 0. The molecular weight excluding hydrogens is 336 g/mol. The van der Waals surface area contributed by atoms with Crippen LogP contribution in [0, 0.1) is 6.92 Å². The van der Waals surface area contributed by atoms with Crippen molar-refractivity contribution in [2.75, 3.05) is 6.61 Å². The summed E-state index contributed by atoms with van der Waals surface area (Å²) in [6.07, 6.45) is 4.82. The first-order valence-corrected chi connectivity index (χ1v) is 8.65. The lowest BCUT2D eigenvalue weighted by molar-refractivity contribution is -0.137. The van der Waals surface area contributed by atoms with Gasteiger partial charge in [-0.25, -0.2) is 4.79 Å². The Balaban J connectivity index is 2.25. The van der Waals surface area contributed by atoms with Crippen LogP contribution in [0.15, 0.2) is 48.5 Å². The maximum absolute atomic E-state index is 12.8. The van der Waals surface area contributed by atoms with Gasteiger partial charge in [0.1, 0.15) is 0 Å². The van der Waals surface area contributed by atoms with Gasteiger partial charge in [-0.2, -0.15) is 0 Å². The van der Waals surface area contributed by atoms with Crippen molar-refractivity contribution >= 4 is 29.4 Å². The number of unbranched alkanes of at least 4 members (excludes halogenated alkanes) is 1. The number of halogens is 1. The highest BCUT2D eigenvalue weighted by Crippen LogP contribution is 2.21. The Kier molecular flexibility index (Phi) is 6.96. The van der Waals surface area contributed by atoms with Gasteiger partial charge >= 0.3 is 5.97 Å². The van der Waals surface area contributed by atoms with E-state index in [0.717, 1.165) is 24.0 Å². The number of rotatable bonds is 7. The second-order valence-corrected chi connectivity index (χ2v) is 6.16. The van der Waals surface area contributed by atoms with E-state index >= 15 is 0 Å². The summed E-state index contributed by atoms with van der Waals surface area (Å²) in [5.74, 6) is -0.513. The summed E-state index contributed by atoms with van der Waals surface area (Å²) in [4.78, 5) is 24.6. The third kappa shape index (κ3) is 5.30. The number of carbonyl (C=O) groups excluding carboxylic acids is 2. The first-order chi connectivity index (χ1) is 12.0. The molecule has 2 aromatic rings. The summed E-state index contributed by atoms with van der Waals surface area (Å²) in [5, 5.41) is 0.579. The summed E-state index contributed by atoms with van der Waals surface area (Å²) in [6.45, 7) is 4.34. The van der Waals surface area contributed by atoms with Crippen molar-refractivity contribution in [3.8, 4) is 0 Å². The van der Waals surface area contributed by atoms with E-state index in [9.17, 15) is 9.59 Å². The zero-order valence-corrected chi connectivity index (χ0v) is 15.2. The van der Waals surface area contributed by atoms with Gasteiger partial charge in [0.15, 0.2) is 5.78 Å². The van der Waals surface area contributed by atoms with E-state index in [2.05, 4.69) is 0 Å². The van der Waals surface area contributed by atoms with E-state index in [4.69, 9.17) is 16.3 Å². The quantitative estimate of drug-likeness (QED) is 0.295. The highest BCUT2D eigenvalue weighted by molar-refractivity contribution is 6.30. The molecule has 2 aromatic carbocycles. The highest BCUT2D eigenvalue weighted by atomic mass is 35.5. The van der Waals surface area contributed by atoms with E-state index in [-0.39, 0.29) is 5.78 Å². The van der Waals surface area contributed by atoms with Crippen LogP contribution in [0.2, 0.25) is 5.02 Å². The van der Waals surface area contributed by atoms with E-state index in [1.165, 1.54) is 6.08 Å². The van der Waals surface area contributed by atoms with Gasteiger partial charge in [0, 0.05) is 22.2 Å². The molecule has 2 rings (SSSR count). The van der Waals surface area contributed by atoms with Crippen LogP contribution in [0.3, 0.4) is 0 Å². The number of carbonyl (C=O) groups is 2. The normalized spacial score (nSPS) is 10.8. The number of hydrogen-bond acceptors (Lipinski definition) is 3. The van der Waals surface area contributed by atoms with E-state index < -0.39 is 5.97 Å². The second-order valence-electron chi connectivity index (χ2n) is 5.73. The topological polar surface area (TPSA) is 43.4 Å². The van der Waals surface area contributed by atoms with Gasteiger partial charge in [-0.1, -0.05) is 43.1 Å². The highest BCUT2D eigenvalue weighted by Gasteiger charge is 2.14. The average Bonchev–Trinajstić information content (AvgIpc) is 2.61. The van der Waals surface area contributed by atoms with Crippen molar-refractivity contribution in [1.29, 1.82) is 0 Å². The molecule has 3 nitrogen and oxygen atoms in total. The van der Waals surface area contributed by atoms with Crippen molar-refractivity contribution in [1.82, 2.24) is 0 Å². The molecule has 0 bridgehead atoms. The fraction of sp³-hybridized carbons (Fsp3) is 0.238. The molecular formula is C21H21ClO3. The lowest BCUT2D eigenvalue weighted by atomic mass is 9.95. The van der Waals surface area contributed by atoms with Crippen LogP contribution in [-0.2, 0) is 9.53 Å². The minimum atomic E-state index is -0.401. The molecule has 0 N–H and O–H groups in total. The van der Waals surface area contributed by atoms with Crippen molar-refractivity contribution in [3.05, 3.63) is 75.8 Å². The van der Waals surface area contributed by atoms with Crippen LogP contribution >= 0.6 is 11.6 Å². The van der Waals surface area contributed by atoms with Gasteiger partial charge in [0.2, 0.25) is 0 Å². The zero-order valence-electron chi connectivity index (χ0n) is 14.4. The predicted molar refractivity (Wildman–Crippen MR) is 101 cm³/mol. The predicted octanol–water partition coefficient (Wildman–Crippen LogP) is 5.24. The minimum Gasteiger partial charge on any atom is -0.463 e. The van der Waals surface area contributed by atoms with Gasteiger partial charge in [-0.15, -0.1) is 0 Å². The van der Waals surface area contributed by atoms with Crippen LogP contribution in [0.1, 0.15) is 46.8 Å². The molecule has 0 amide bonds. The summed E-state index contributed by atoms with van der Waals surface area (Å²) >= 11 is 5.88. The number of esters is 1. The molecule has 4 heteroatoms. The average molecular weight is 357 g/mol. The molecule has 0 heterocycles. The van der Waals surface area contributed by atoms with Gasteiger partial charge < -0.3 is 4.74 Å². The Morgan fingerprint density at radius 2 is 1.84 bits per heavy atom. The smallest absolute Gasteiger partial charge is 0.330 e. The zero-order chi connectivity index (χ0) is 18.2. The number of ketones is 1. The second kappa shape index (κ2) is 9.19. The fourth-order valence-electron chi connectivity index (χ4n) is 2.37. The number of ether oxygens (including phenoxy) is 1. The Morgan fingerprint density at radius 3 is 2.52 bits per heavy atom. The van der Waals surface area contributed by atoms with E-state index in [1.807, 2.05) is 26.0 Å². The lowest BCUT2D eigenvalue weighted by Gasteiger charge is -2.09. The Hall–Kier alpha value is -2.39. The van der Waals surface area contributed by atoms with E-state index in [1.54, 1.807) is 36.4 Å². The lowest BCUT2D eigenvalue weighted by Crippen LogP contribution is -2.06. The standard InChI is InChI=1S/C21H21ClO3/c1-3-4-14-25-20(23)13-12-18-15(2)6-5-7-19(18)21(24)16-8-10-17(22)11-9-16/h5-13H,3-4,14H2,1-2H3/b13-12+. The molecule has 0 fully saturated rings. The third-order valence-corrected chi connectivity index (χ3v) is 4.06. The maximum atomic E-state index is 12.8. The van der Waals surface area contributed by atoms with E-state index in [0.29, 0.717) is 22.8 Å². The van der Waals surface area contributed by atoms with Crippen LogP contribution in [0.4, 0.5) is 0 Å². The molecule has 0 saturated heterocycles. The van der Waals surface area contributed by atoms with Gasteiger partial charge in [0.25, 0.3) is 0 Å². The largest absolute Gasteiger partial charge is 0.463 e. The Morgan fingerprint density at radius 1 is 1.12 bits per heavy atom. The van der Waals surface area contributed by atoms with Gasteiger partial charge in [-0.3, -0.25) is 4.79 Å². The molecule has 25 heavy (non-hydrogen) atoms. The number of hydrogen-bond donors (Lipinski definition) is 0. The van der Waals surface area contributed by atoms with Gasteiger partial charge in [-0.05, 0) is 54.8 Å². The molecule has 0 unspecified atom stereocenters. The summed E-state index contributed by atoms with van der Waals surface area (Å²) in [5.41, 5.74) is 2.72. The van der Waals surface area contributed by atoms with Gasteiger partial charge in [0.05, 0.1) is 6.61 Å².